The van der Waals surface area contributed by atoms with E-state index >= 15 is 0 Å². The Balaban J connectivity index is 1.02. The van der Waals surface area contributed by atoms with E-state index in [1.807, 2.05) is 12.4 Å². The molecule has 7 nitrogen and oxygen atoms in total. The summed E-state index contributed by atoms with van der Waals surface area (Å²) < 4.78 is 4.62. The molecule has 1 N–H and O–H groups in total. The van der Waals surface area contributed by atoms with Gasteiger partial charge in [0.2, 0.25) is 5.95 Å². The monoisotopic (exact) mass is 759 g/mol. The zero-order chi connectivity index (χ0) is 39.0. The van der Waals surface area contributed by atoms with Gasteiger partial charge in [0.25, 0.3) is 0 Å². The van der Waals surface area contributed by atoms with Crippen LogP contribution in [0.3, 0.4) is 0 Å². The number of amidine groups is 2. The van der Waals surface area contributed by atoms with E-state index in [1.165, 1.54) is 32.9 Å². The minimum absolute atomic E-state index is 0.410. The third-order valence-corrected chi connectivity index (χ3v) is 12.1. The number of nitrogens with zero attached hydrogens (tertiary/aromatic N) is 6. The van der Waals surface area contributed by atoms with E-state index < -0.39 is 6.17 Å². The van der Waals surface area contributed by atoms with Gasteiger partial charge in [-0.25, -0.2) is 20.0 Å². The smallest absolute Gasteiger partial charge is 0.234 e. The fourth-order valence-corrected chi connectivity index (χ4v) is 9.36. The summed E-state index contributed by atoms with van der Waals surface area (Å²) in [4.78, 5) is 20.7. The normalized spacial score (nSPS) is 16.4. The molecule has 0 spiro atoms. The van der Waals surface area contributed by atoms with Gasteiger partial charge in [-0.3, -0.25) is 4.57 Å². The molecule has 12 rings (SSSR count). The standard InChI is InChI=1S/C52H37N7/c1-32-14-11-27-45-48(32)43-28-42-39-23-9-10-26-44(39)59(46(42)29-47(43)58(45)36-19-3-2-4-20-36)52-53-30-35(31-54-52)49-55-50(40-24-12-17-33-15-5-7-21-37(33)40)57-51(56-49)41-25-13-18-34-16-6-8-22-38(34)41/h2-13,15-32,49H,14H2,1H3,(H,55,56,57). The van der Waals surface area contributed by atoms with Gasteiger partial charge < -0.3 is 9.88 Å². The summed E-state index contributed by atoms with van der Waals surface area (Å²) in [6.07, 6.45) is 8.98. The van der Waals surface area contributed by atoms with Gasteiger partial charge in [0.15, 0.2) is 12.0 Å². The van der Waals surface area contributed by atoms with Crippen molar-refractivity contribution in [1.82, 2.24) is 24.4 Å². The number of aromatic nitrogens is 4. The van der Waals surface area contributed by atoms with Crippen LogP contribution < -0.4 is 5.32 Å². The topological polar surface area (TPSA) is 72.4 Å². The molecule has 10 aromatic rings. The van der Waals surface area contributed by atoms with Crippen LogP contribution in [0.4, 0.5) is 0 Å². The molecule has 0 fully saturated rings. The molecule has 0 saturated heterocycles. The molecule has 7 aromatic carbocycles. The summed E-state index contributed by atoms with van der Waals surface area (Å²) in [5.41, 5.74) is 9.94. The molecule has 0 radical (unpaired) electrons. The Morgan fingerprint density at radius 1 is 0.576 bits per heavy atom. The summed E-state index contributed by atoms with van der Waals surface area (Å²) >= 11 is 0. The summed E-state index contributed by atoms with van der Waals surface area (Å²) in [5.74, 6) is 2.44. The Bertz CT molecular complexity index is 3390. The van der Waals surface area contributed by atoms with E-state index in [-0.39, 0.29) is 0 Å². The van der Waals surface area contributed by atoms with E-state index in [0.29, 0.717) is 17.7 Å². The highest BCUT2D eigenvalue weighted by atomic mass is 15.2. The second kappa shape index (κ2) is 13.2. The van der Waals surface area contributed by atoms with Crippen molar-refractivity contribution in [2.45, 2.75) is 25.4 Å². The van der Waals surface area contributed by atoms with Crippen molar-refractivity contribution >= 4 is 72.0 Å². The summed E-state index contributed by atoms with van der Waals surface area (Å²) in [7, 11) is 0. The predicted molar refractivity (Wildman–Crippen MR) is 242 cm³/mol. The fraction of sp³-hybridized carbons (Fsp3) is 0.0769. The fourth-order valence-electron chi connectivity index (χ4n) is 9.36. The first-order chi connectivity index (χ1) is 29.2. The lowest BCUT2D eigenvalue weighted by molar-refractivity contribution is 0.666. The van der Waals surface area contributed by atoms with Crippen LogP contribution in [0.2, 0.25) is 0 Å². The van der Waals surface area contributed by atoms with Crippen molar-refractivity contribution in [3.8, 4) is 11.6 Å². The number of hydrogen-bond acceptors (Lipinski definition) is 5. The maximum atomic E-state index is 5.25. The summed E-state index contributed by atoms with van der Waals surface area (Å²) in [6.45, 7) is 2.34. The van der Waals surface area contributed by atoms with Crippen LogP contribution >= 0.6 is 0 Å². The van der Waals surface area contributed by atoms with E-state index in [2.05, 4.69) is 185 Å². The highest BCUT2D eigenvalue weighted by Gasteiger charge is 2.27. The molecule has 4 heterocycles. The largest absolute Gasteiger partial charge is 0.344 e. The molecular formula is C52H37N7. The van der Waals surface area contributed by atoms with Crippen LogP contribution in [-0.2, 0) is 0 Å². The lowest BCUT2D eigenvalue weighted by Crippen LogP contribution is -2.34. The van der Waals surface area contributed by atoms with Crippen molar-refractivity contribution in [2.75, 3.05) is 0 Å². The molecule has 1 aliphatic carbocycles. The third kappa shape index (κ3) is 5.28. The summed E-state index contributed by atoms with van der Waals surface area (Å²) in [6, 6.07) is 53.5. The number of rotatable bonds is 5. The zero-order valence-electron chi connectivity index (χ0n) is 32.3. The quantitative estimate of drug-likeness (QED) is 0.190. The molecule has 59 heavy (non-hydrogen) atoms. The number of hydrogen-bond donors (Lipinski definition) is 1. The Morgan fingerprint density at radius 2 is 1.22 bits per heavy atom. The Hall–Kier alpha value is -7.64. The molecule has 7 heteroatoms. The SMILES string of the molecule is CC1CC=Cc2c1c1cc3c4ccccc4n(-c4ncc(C5N=C(c6cccc7ccccc67)N=C(c6cccc7ccccc67)N5)cn4)c3cc1n2-c1ccccc1. The van der Waals surface area contributed by atoms with Gasteiger partial charge in [0.1, 0.15) is 5.84 Å². The molecule has 3 aromatic heterocycles. The maximum absolute atomic E-state index is 5.25. The Morgan fingerprint density at radius 3 is 2.00 bits per heavy atom. The van der Waals surface area contributed by atoms with Crippen LogP contribution in [-0.4, -0.2) is 30.8 Å². The molecular weight excluding hydrogens is 723 g/mol. The van der Waals surface area contributed by atoms with Gasteiger partial charge in [-0.2, -0.15) is 0 Å². The second-order valence-electron chi connectivity index (χ2n) is 15.6. The Kier molecular flexibility index (Phi) is 7.50. The zero-order valence-corrected chi connectivity index (χ0v) is 32.3. The van der Waals surface area contributed by atoms with Crippen molar-refractivity contribution in [3.63, 3.8) is 0 Å². The number of fused-ring (bicyclic) bond motifs is 8. The van der Waals surface area contributed by atoms with Crippen molar-refractivity contribution in [2.24, 2.45) is 9.98 Å². The van der Waals surface area contributed by atoms with Crippen LogP contribution in [0.1, 0.15) is 53.4 Å². The van der Waals surface area contributed by atoms with Crippen LogP contribution in [0.5, 0.6) is 0 Å². The number of allylic oxidation sites excluding steroid dienone is 1. The molecule has 0 saturated carbocycles. The molecule has 1 aliphatic heterocycles. The molecule has 2 aliphatic rings. The van der Waals surface area contributed by atoms with Gasteiger partial charge in [0, 0.05) is 56.6 Å². The highest BCUT2D eigenvalue weighted by molar-refractivity contribution is 6.20. The van der Waals surface area contributed by atoms with E-state index in [1.54, 1.807) is 0 Å². The maximum Gasteiger partial charge on any atom is 0.234 e. The van der Waals surface area contributed by atoms with Gasteiger partial charge in [-0.1, -0.05) is 134 Å². The molecule has 0 bridgehead atoms. The van der Waals surface area contributed by atoms with E-state index in [0.717, 1.165) is 67.2 Å². The van der Waals surface area contributed by atoms with Crippen molar-refractivity contribution in [1.29, 1.82) is 0 Å². The average molecular weight is 760 g/mol. The first kappa shape index (κ1) is 33.5. The lowest BCUT2D eigenvalue weighted by atomic mass is 9.90. The van der Waals surface area contributed by atoms with Gasteiger partial charge in [-0.15, -0.1) is 0 Å². The van der Waals surface area contributed by atoms with Crippen molar-refractivity contribution in [3.05, 3.63) is 198 Å². The van der Waals surface area contributed by atoms with Gasteiger partial charge in [-0.05, 0) is 75.9 Å². The van der Waals surface area contributed by atoms with Crippen LogP contribution in [0.15, 0.2) is 180 Å². The first-order valence-corrected chi connectivity index (χ1v) is 20.2. The number of aliphatic imine (C=N–C) groups is 2. The number of nitrogens with one attached hydrogen (secondary N) is 1. The second-order valence-corrected chi connectivity index (χ2v) is 15.6. The van der Waals surface area contributed by atoms with Gasteiger partial charge >= 0.3 is 0 Å². The van der Waals surface area contributed by atoms with Crippen LogP contribution in [0.25, 0.3) is 72.0 Å². The minimum Gasteiger partial charge on any atom is -0.344 e. The van der Waals surface area contributed by atoms with E-state index in [4.69, 9.17) is 20.0 Å². The third-order valence-electron chi connectivity index (χ3n) is 12.1. The van der Waals surface area contributed by atoms with Gasteiger partial charge in [0.05, 0.1) is 16.6 Å². The number of benzene rings is 7. The average Bonchev–Trinajstić information content (AvgIpc) is 3.80. The summed E-state index contributed by atoms with van der Waals surface area (Å²) in [5, 5.41) is 11.8. The minimum atomic E-state index is -0.474. The molecule has 2 unspecified atom stereocenters. The van der Waals surface area contributed by atoms with Crippen LogP contribution in [0, 0.1) is 0 Å². The Labute approximate surface area is 340 Å². The van der Waals surface area contributed by atoms with E-state index in [9.17, 15) is 0 Å². The number of para-hydroxylation sites is 2. The lowest BCUT2D eigenvalue weighted by Gasteiger charge is -2.24. The highest BCUT2D eigenvalue weighted by Crippen LogP contribution is 2.43. The molecule has 0 amide bonds. The molecule has 280 valence electrons. The van der Waals surface area contributed by atoms with Crippen molar-refractivity contribution < 1.29 is 0 Å². The molecule has 2 atom stereocenters. The predicted octanol–water partition coefficient (Wildman–Crippen LogP) is 11.8. The first-order valence-electron chi connectivity index (χ1n) is 20.2.